The minimum atomic E-state index is -1.06. The number of hydrogen-bond donors (Lipinski definition) is 2. The second-order valence-corrected chi connectivity index (χ2v) is 5.16. The van der Waals surface area contributed by atoms with E-state index in [0.717, 1.165) is 5.56 Å². The van der Waals surface area contributed by atoms with Crippen LogP contribution >= 0.6 is 0 Å². The molecule has 24 heavy (non-hydrogen) atoms. The molecule has 0 spiro atoms. The smallest absolute Gasteiger partial charge is 0.351 e. The molecule has 0 atom stereocenters. The van der Waals surface area contributed by atoms with Crippen LogP contribution in [0.1, 0.15) is 23.1 Å². The van der Waals surface area contributed by atoms with Gasteiger partial charge in [0.05, 0.1) is 6.57 Å². The number of aromatic nitrogens is 5. The number of aromatic amines is 1. The van der Waals surface area contributed by atoms with E-state index in [-0.39, 0.29) is 5.69 Å². The molecule has 1 aromatic carbocycles. The quantitative estimate of drug-likeness (QED) is 0.719. The molecule has 0 aliphatic carbocycles. The Morgan fingerprint density at radius 3 is 2.50 bits per heavy atom. The van der Waals surface area contributed by atoms with Gasteiger partial charge in [-0.15, -0.1) is 10.2 Å². The first kappa shape index (κ1) is 15.4. The number of H-pyrrole nitrogens is 1. The second kappa shape index (κ2) is 5.96. The van der Waals surface area contributed by atoms with Gasteiger partial charge in [0.1, 0.15) is 5.69 Å². The van der Waals surface area contributed by atoms with E-state index in [2.05, 4.69) is 25.5 Å². The summed E-state index contributed by atoms with van der Waals surface area (Å²) in [6.45, 7) is 9.37. The van der Waals surface area contributed by atoms with Crippen LogP contribution in [0.5, 0.6) is 0 Å². The van der Waals surface area contributed by atoms with Gasteiger partial charge in [-0.05, 0) is 17.2 Å². The van der Waals surface area contributed by atoms with Gasteiger partial charge < -0.3 is 9.67 Å². The molecule has 2 heterocycles. The number of benzene rings is 1. The van der Waals surface area contributed by atoms with Crippen molar-refractivity contribution in [3.63, 3.8) is 0 Å². The molecule has 0 radical (unpaired) electrons. The van der Waals surface area contributed by atoms with E-state index >= 15 is 0 Å². The molecule has 8 nitrogen and oxygen atoms in total. The first-order valence-electron chi connectivity index (χ1n) is 7.25. The molecule has 3 aromatic rings. The number of carboxylic acid groups (broad SMARTS) is 1. The summed E-state index contributed by atoms with van der Waals surface area (Å²) < 4.78 is 1.58. The Bertz CT molecular complexity index is 933. The number of nitrogens with zero attached hydrogens (tertiary/aromatic N) is 5. The normalized spacial score (nSPS) is 10.5. The van der Waals surface area contributed by atoms with Crippen LogP contribution in [0.3, 0.4) is 0 Å². The van der Waals surface area contributed by atoms with E-state index in [1.165, 1.54) is 0 Å². The SMILES string of the molecule is [C-]#[N+]c1c(-c2ccc(-c3nn[nH]n3)cc2)c(C(=O)O)n(C)c1CC. The Kier molecular flexibility index (Phi) is 3.83. The fourth-order valence-corrected chi connectivity index (χ4v) is 2.84. The molecule has 2 aromatic heterocycles. The van der Waals surface area contributed by atoms with Gasteiger partial charge in [-0.1, -0.05) is 31.2 Å². The zero-order valence-corrected chi connectivity index (χ0v) is 13.1. The van der Waals surface area contributed by atoms with E-state index in [1.54, 1.807) is 35.9 Å². The van der Waals surface area contributed by atoms with Crippen LogP contribution in [0, 0.1) is 6.57 Å². The van der Waals surface area contributed by atoms with Gasteiger partial charge in [-0.2, -0.15) is 5.21 Å². The average molecular weight is 322 g/mol. The molecule has 0 fully saturated rings. The van der Waals surface area contributed by atoms with E-state index in [1.807, 2.05) is 6.92 Å². The summed E-state index contributed by atoms with van der Waals surface area (Å²) in [7, 11) is 1.67. The first-order valence-corrected chi connectivity index (χ1v) is 7.25. The second-order valence-electron chi connectivity index (χ2n) is 5.16. The van der Waals surface area contributed by atoms with Crippen LogP contribution in [-0.4, -0.2) is 36.3 Å². The molecule has 2 N–H and O–H groups in total. The number of nitrogens with one attached hydrogen (secondary N) is 1. The Labute approximate surface area is 137 Å². The predicted molar refractivity (Wildman–Crippen MR) is 86.6 cm³/mol. The fourth-order valence-electron chi connectivity index (χ4n) is 2.84. The molecule has 0 saturated heterocycles. The molecule has 0 aliphatic rings. The van der Waals surface area contributed by atoms with Crippen LogP contribution in [-0.2, 0) is 13.5 Å². The van der Waals surface area contributed by atoms with E-state index < -0.39 is 5.97 Å². The number of carbonyl (C=O) groups is 1. The first-order chi connectivity index (χ1) is 11.6. The Morgan fingerprint density at radius 1 is 1.33 bits per heavy atom. The Balaban J connectivity index is 2.19. The molecule has 0 amide bonds. The molecular weight excluding hydrogens is 308 g/mol. The standard InChI is InChI=1S/C16H14N6O2/c1-4-11-13(17-2)12(14(16(23)24)22(11)3)9-5-7-10(8-6-9)15-18-20-21-19-15/h5-8H,4H2,1,3H3,(H,23,24)(H,18,19,20,21). The molecule has 0 aliphatic heterocycles. The number of rotatable bonds is 4. The van der Waals surface area contributed by atoms with Crippen molar-refractivity contribution < 1.29 is 9.90 Å². The number of aromatic carboxylic acids is 1. The highest BCUT2D eigenvalue weighted by Gasteiger charge is 2.25. The summed E-state index contributed by atoms with van der Waals surface area (Å²) in [5, 5.41) is 23.3. The third-order valence-electron chi connectivity index (χ3n) is 3.91. The lowest BCUT2D eigenvalue weighted by Crippen LogP contribution is -2.07. The van der Waals surface area contributed by atoms with Gasteiger partial charge in [-0.25, -0.2) is 9.64 Å². The van der Waals surface area contributed by atoms with Crippen molar-refractivity contribution in [1.29, 1.82) is 0 Å². The van der Waals surface area contributed by atoms with Crippen molar-refractivity contribution in [3.8, 4) is 22.5 Å². The van der Waals surface area contributed by atoms with Gasteiger partial charge in [0.2, 0.25) is 11.5 Å². The summed E-state index contributed by atoms with van der Waals surface area (Å²) in [5.74, 6) is -0.605. The number of hydrogen-bond acceptors (Lipinski definition) is 4. The lowest BCUT2D eigenvalue weighted by Gasteiger charge is -2.05. The zero-order valence-electron chi connectivity index (χ0n) is 13.1. The van der Waals surface area contributed by atoms with Gasteiger partial charge in [-0.3, -0.25) is 0 Å². The molecule has 8 heteroatoms. The van der Waals surface area contributed by atoms with Crippen LogP contribution in [0.2, 0.25) is 0 Å². The maximum absolute atomic E-state index is 11.7. The van der Waals surface area contributed by atoms with Crippen molar-refractivity contribution in [2.24, 2.45) is 7.05 Å². The number of tetrazole rings is 1. The van der Waals surface area contributed by atoms with Crippen molar-refractivity contribution in [2.75, 3.05) is 0 Å². The van der Waals surface area contributed by atoms with Gasteiger partial charge in [0, 0.05) is 23.9 Å². The third kappa shape index (κ3) is 2.32. The summed E-state index contributed by atoms with van der Waals surface area (Å²) in [6, 6.07) is 7.08. The van der Waals surface area contributed by atoms with Crippen LogP contribution in [0.15, 0.2) is 24.3 Å². The molecular formula is C16H14N6O2. The maximum atomic E-state index is 11.7. The van der Waals surface area contributed by atoms with E-state index in [4.69, 9.17) is 6.57 Å². The monoisotopic (exact) mass is 322 g/mol. The number of carboxylic acids is 1. The highest BCUT2D eigenvalue weighted by atomic mass is 16.4. The molecule has 0 bridgehead atoms. The largest absolute Gasteiger partial charge is 0.477 e. The Morgan fingerprint density at radius 2 is 2.00 bits per heavy atom. The summed E-state index contributed by atoms with van der Waals surface area (Å²) in [6.07, 6.45) is 0.579. The summed E-state index contributed by atoms with van der Waals surface area (Å²) in [4.78, 5) is 15.3. The molecule has 0 saturated carbocycles. The fraction of sp³-hybridized carbons (Fsp3) is 0.188. The molecule has 120 valence electrons. The van der Waals surface area contributed by atoms with Crippen molar-refractivity contribution in [2.45, 2.75) is 13.3 Å². The lowest BCUT2D eigenvalue weighted by atomic mass is 10.0. The lowest BCUT2D eigenvalue weighted by molar-refractivity contribution is 0.0687. The van der Waals surface area contributed by atoms with Gasteiger partial charge >= 0.3 is 5.97 Å². The van der Waals surface area contributed by atoms with Crippen LogP contribution in [0.25, 0.3) is 27.4 Å². The van der Waals surface area contributed by atoms with E-state index in [9.17, 15) is 9.90 Å². The van der Waals surface area contributed by atoms with Crippen molar-refractivity contribution >= 4 is 11.7 Å². The predicted octanol–water partition coefficient (Wildman–Crippen LogP) is 2.68. The van der Waals surface area contributed by atoms with Crippen LogP contribution < -0.4 is 0 Å². The van der Waals surface area contributed by atoms with Crippen LogP contribution in [0.4, 0.5) is 5.69 Å². The van der Waals surface area contributed by atoms with Crippen molar-refractivity contribution in [1.82, 2.24) is 25.2 Å². The van der Waals surface area contributed by atoms with Crippen molar-refractivity contribution in [3.05, 3.63) is 47.1 Å². The Hall–Kier alpha value is -3.47. The minimum absolute atomic E-state index is 0.116. The topological polar surface area (TPSA) is 101 Å². The minimum Gasteiger partial charge on any atom is -0.477 e. The maximum Gasteiger partial charge on any atom is 0.351 e. The highest BCUT2D eigenvalue weighted by Crippen LogP contribution is 2.39. The molecule has 3 rings (SSSR count). The van der Waals surface area contributed by atoms with Gasteiger partial charge in [0.25, 0.3) is 0 Å². The average Bonchev–Trinajstić information content (AvgIpc) is 3.20. The van der Waals surface area contributed by atoms with Gasteiger partial charge in [0.15, 0.2) is 0 Å². The molecule has 0 unspecified atom stereocenters. The highest BCUT2D eigenvalue weighted by molar-refractivity contribution is 6.00. The summed E-state index contributed by atoms with van der Waals surface area (Å²) in [5.41, 5.74) is 3.06. The third-order valence-corrected chi connectivity index (χ3v) is 3.91. The zero-order chi connectivity index (χ0) is 17.3. The van der Waals surface area contributed by atoms with E-state index in [0.29, 0.717) is 34.8 Å². The summed E-state index contributed by atoms with van der Waals surface area (Å²) >= 11 is 0.